The Kier molecular flexibility index (Phi) is 4.22. The van der Waals surface area contributed by atoms with Gasteiger partial charge in [0.15, 0.2) is 0 Å². The van der Waals surface area contributed by atoms with Gasteiger partial charge in [0.05, 0.1) is 11.4 Å². The van der Waals surface area contributed by atoms with E-state index in [2.05, 4.69) is 0 Å². The van der Waals surface area contributed by atoms with E-state index in [0.29, 0.717) is 5.56 Å². The highest BCUT2D eigenvalue weighted by Crippen LogP contribution is 2.15. The predicted octanol–water partition coefficient (Wildman–Crippen LogP) is -0.749. The second-order valence-corrected chi connectivity index (χ2v) is 5.62. The van der Waals surface area contributed by atoms with Crippen molar-refractivity contribution in [3.63, 3.8) is 0 Å². The van der Waals surface area contributed by atoms with Crippen LogP contribution in [0.25, 0.3) is 0 Å². The molecule has 0 bridgehead atoms. The summed E-state index contributed by atoms with van der Waals surface area (Å²) < 4.78 is 24.9. The van der Waals surface area contributed by atoms with Crippen molar-refractivity contribution in [3.8, 4) is 0 Å². The minimum Gasteiger partial charge on any atom is -0.369 e. The molecule has 0 radical (unpaired) electrons. The summed E-state index contributed by atoms with van der Waals surface area (Å²) in [4.78, 5) is 10.8. The van der Waals surface area contributed by atoms with Crippen molar-refractivity contribution in [3.05, 3.63) is 29.8 Å². The third kappa shape index (κ3) is 3.26. The Bertz CT molecular complexity index is 513. The van der Waals surface area contributed by atoms with Crippen molar-refractivity contribution in [2.24, 2.45) is 11.5 Å². The number of likely N-dealkylation sites (N-methyl/N-ethyl adjacent to an activating group) is 1. The summed E-state index contributed by atoms with van der Waals surface area (Å²) in [6, 6.07) is 6.26. The molecule has 17 heavy (non-hydrogen) atoms. The topological polar surface area (TPSA) is 106 Å². The number of hydrogen-bond donors (Lipinski definition) is 2. The number of nitrogens with two attached hydrogens (primary N) is 2. The van der Waals surface area contributed by atoms with Gasteiger partial charge in [-0.3, -0.25) is 4.79 Å². The van der Waals surface area contributed by atoms with Gasteiger partial charge < -0.3 is 11.5 Å². The van der Waals surface area contributed by atoms with E-state index in [9.17, 15) is 13.2 Å². The van der Waals surface area contributed by atoms with Crippen molar-refractivity contribution in [1.82, 2.24) is 4.31 Å². The molecule has 0 aliphatic carbocycles. The second-order valence-electron chi connectivity index (χ2n) is 3.58. The van der Waals surface area contributed by atoms with Crippen molar-refractivity contribution in [1.29, 1.82) is 0 Å². The first kappa shape index (κ1) is 13.6. The van der Waals surface area contributed by atoms with Gasteiger partial charge in [0.1, 0.15) is 0 Å². The summed E-state index contributed by atoms with van der Waals surface area (Å²) >= 11 is 0. The van der Waals surface area contributed by atoms with E-state index in [1.807, 2.05) is 0 Å². The van der Waals surface area contributed by atoms with Gasteiger partial charge in [-0.2, -0.15) is 4.31 Å². The fourth-order valence-electron chi connectivity index (χ4n) is 1.32. The monoisotopic (exact) mass is 257 g/mol. The maximum absolute atomic E-state index is 12.0. The van der Waals surface area contributed by atoms with Crippen LogP contribution in [0, 0.1) is 0 Å². The van der Waals surface area contributed by atoms with Crippen molar-refractivity contribution < 1.29 is 13.2 Å². The Morgan fingerprint density at radius 3 is 2.59 bits per heavy atom. The molecular formula is C10H15N3O3S. The zero-order chi connectivity index (χ0) is 13.1. The predicted molar refractivity (Wildman–Crippen MR) is 63.3 cm³/mol. The number of hydrogen-bond acceptors (Lipinski definition) is 4. The number of carbonyl (C=O) groups excluding carboxylic acids is 1. The molecule has 0 unspecified atom stereocenters. The van der Waals surface area contributed by atoms with Crippen LogP contribution in [0.1, 0.15) is 5.56 Å². The Labute approximate surface area is 100 Å². The zero-order valence-electron chi connectivity index (χ0n) is 9.46. The van der Waals surface area contributed by atoms with E-state index in [1.54, 1.807) is 12.1 Å². The van der Waals surface area contributed by atoms with Crippen LogP contribution < -0.4 is 11.5 Å². The SMILES string of the molecule is CN(CC(N)=O)S(=O)(=O)c1cccc(CN)c1. The van der Waals surface area contributed by atoms with E-state index < -0.39 is 15.9 Å². The van der Waals surface area contributed by atoms with Gasteiger partial charge in [0, 0.05) is 13.6 Å². The number of amides is 1. The van der Waals surface area contributed by atoms with Gasteiger partial charge in [-0.05, 0) is 17.7 Å². The maximum Gasteiger partial charge on any atom is 0.243 e. The van der Waals surface area contributed by atoms with E-state index in [4.69, 9.17) is 11.5 Å². The Morgan fingerprint density at radius 1 is 1.41 bits per heavy atom. The number of sulfonamides is 1. The van der Waals surface area contributed by atoms with Crippen LogP contribution in [0.2, 0.25) is 0 Å². The molecule has 0 aliphatic heterocycles. The van der Waals surface area contributed by atoms with Gasteiger partial charge in [0.2, 0.25) is 15.9 Å². The van der Waals surface area contributed by atoms with Gasteiger partial charge in [-0.15, -0.1) is 0 Å². The summed E-state index contributed by atoms with van der Waals surface area (Å²) in [6.07, 6.45) is 0. The van der Waals surface area contributed by atoms with Gasteiger partial charge in [-0.1, -0.05) is 12.1 Å². The molecule has 1 rings (SSSR count). The molecule has 0 aromatic heterocycles. The smallest absolute Gasteiger partial charge is 0.243 e. The minimum atomic E-state index is -3.69. The van der Waals surface area contributed by atoms with E-state index in [-0.39, 0.29) is 18.0 Å². The molecule has 0 aliphatic rings. The van der Waals surface area contributed by atoms with Gasteiger partial charge in [0.25, 0.3) is 0 Å². The standard InChI is InChI=1S/C10H15N3O3S/c1-13(7-10(12)14)17(15,16)9-4-2-3-8(5-9)6-11/h2-5H,6-7,11H2,1H3,(H2,12,14). The maximum atomic E-state index is 12.0. The molecule has 6 nitrogen and oxygen atoms in total. The van der Waals surface area contributed by atoms with Gasteiger partial charge in [-0.25, -0.2) is 8.42 Å². The first-order chi connectivity index (χ1) is 7.87. The lowest BCUT2D eigenvalue weighted by Gasteiger charge is -2.15. The van der Waals surface area contributed by atoms with Crippen LogP contribution in [-0.4, -0.2) is 32.2 Å². The molecule has 0 saturated carbocycles. The van der Waals surface area contributed by atoms with Crippen molar-refractivity contribution in [2.45, 2.75) is 11.4 Å². The third-order valence-corrected chi connectivity index (χ3v) is 4.02. The summed E-state index contributed by atoms with van der Waals surface area (Å²) in [5.74, 6) is -0.703. The lowest BCUT2D eigenvalue weighted by Crippen LogP contribution is -2.35. The molecule has 0 heterocycles. The molecule has 0 fully saturated rings. The highest BCUT2D eigenvalue weighted by Gasteiger charge is 2.21. The average molecular weight is 257 g/mol. The lowest BCUT2D eigenvalue weighted by atomic mass is 10.2. The minimum absolute atomic E-state index is 0.101. The first-order valence-electron chi connectivity index (χ1n) is 4.91. The number of carbonyl (C=O) groups is 1. The fraction of sp³-hybridized carbons (Fsp3) is 0.300. The third-order valence-electron chi connectivity index (χ3n) is 2.22. The molecule has 0 saturated heterocycles. The van der Waals surface area contributed by atoms with Crippen LogP contribution in [-0.2, 0) is 21.4 Å². The van der Waals surface area contributed by atoms with E-state index in [0.717, 1.165) is 4.31 Å². The summed E-state index contributed by atoms with van der Waals surface area (Å²) in [6.45, 7) is -0.0991. The number of benzene rings is 1. The fourth-order valence-corrected chi connectivity index (χ4v) is 2.53. The number of primary amides is 1. The summed E-state index contributed by atoms with van der Waals surface area (Å²) in [5.41, 5.74) is 11.1. The molecule has 4 N–H and O–H groups in total. The highest BCUT2D eigenvalue weighted by molar-refractivity contribution is 7.89. The summed E-state index contributed by atoms with van der Waals surface area (Å²) in [7, 11) is -2.39. The first-order valence-corrected chi connectivity index (χ1v) is 6.35. The Balaban J connectivity index is 3.08. The zero-order valence-corrected chi connectivity index (χ0v) is 10.3. The average Bonchev–Trinajstić information content (AvgIpc) is 2.28. The van der Waals surface area contributed by atoms with E-state index in [1.165, 1.54) is 19.2 Å². The van der Waals surface area contributed by atoms with Crippen LogP contribution in [0.5, 0.6) is 0 Å². The number of nitrogens with zero attached hydrogens (tertiary/aromatic N) is 1. The molecular weight excluding hydrogens is 242 g/mol. The van der Waals surface area contributed by atoms with Crippen LogP contribution >= 0.6 is 0 Å². The van der Waals surface area contributed by atoms with Crippen LogP contribution in [0.3, 0.4) is 0 Å². The van der Waals surface area contributed by atoms with E-state index >= 15 is 0 Å². The van der Waals surface area contributed by atoms with Crippen molar-refractivity contribution >= 4 is 15.9 Å². The van der Waals surface area contributed by atoms with Gasteiger partial charge >= 0.3 is 0 Å². The lowest BCUT2D eigenvalue weighted by molar-refractivity contribution is -0.118. The Hall–Kier alpha value is -1.44. The van der Waals surface area contributed by atoms with Crippen molar-refractivity contribution in [2.75, 3.05) is 13.6 Å². The quantitative estimate of drug-likeness (QED) is 0.723. The Morgan fingerprint density at radius 2 is 2.06 bits per heavy atom. The molecule has 7 heteroatoms. The van der Waals surface area contributed by atoms with Crippen LogP contribution in [0.4, 0.5) is 0 Å². The molecule has 0 spiro atoms. The summed E-state index contributed by atoms with van der Waals surface area (Å²) in [5, 5.41) is 0. The molecule has 1 amide bonds. The molecule has 1 aromatic rings. The largest absolute Gasteiger partial charge is 0.369 e. The normalized spacial score (nSPS) is 11.7. The molecule has 0 atom stereocenters. The van der Waals surface area contributed by atoms with Crippen LogP contribution in [0.15, 0.2) is 29.2 Å². The highest BCUT2D eigenvalue weighted by atomic mass is 32.2. The second kappa shape index (κ2) is 5.26. The molecule has 1 aromatic carbocycles. The molecule has 94 valence electrons. The number of rotatable bonds is 5.